The second kappa shape index (κ2) is 6.15. The van der Waals surface area contributed by atoms with Gasteiger partial charge in [-0.15, -0.1) is 11.8 Å². The average Bonchev–Trinajstić information content (AvgIpc) is 2.96. The number of aromatic nitrogens is 3. The van der Waals surface area contributed by atoms with E-state index in [9.17, 15) is 5.11 Å². The predicted octanol–water partition coefficient (Wildman–Crippen LogP) is 3.78. The van der Waals surface area contributed by atoms with Gasteiger partial charge in [0.2, 0.25) is 0 Å². The number of hydrogen-bond acceptors (Lipinski definition) is 6. The van der Waals surface area contributed by atoms with Gasteiger partial charge in [-0.05, 0) is 30.3 Å². The summed E-state index contributed by atoms with van der Waals surface area (Å²) in [7, 11) is 0. The van der Waals surface area contributed by atoms with Crippen molar-refractivity contribution in [2.24, 2.45) is 0 Å². The molecule has 0 aliphatic rings. The summed E-state index contributed by atoms with van der Waals surface area (Å²) in [6.07, 6.45) is 2.89. The lowest BCUT2D eigenvalue weighted by atomic mass is 10.2. The molecular weight excluding hydrogens is 310 g/mol. The van der Waals surface area contributed by atoms with Gasteiger partial charge in [0.05, 0.1) is 17.5 Å². The molecule has 7 heteroatoms. The molecule has 0 radical (unpaired) electrons. The fourth-order valence-electron chi connectivity index (χ4n) is 1.67. The van der Waals surface area contributed by atoms with Gasteiger partial charge >= 0.3 is 0 Å². The van der Waals surface area contributed by atoms with Crippen LogP contribution in [0.2, 0.25) is 5.02 Å². The zero-order chi connectivity index (χ0) is 14.7. The first kappa shape index (κ1) is 13.9. The fourth-order valence-corrected chi connectivity index (χ4v) is 2.54. The van der Waals surface area contributed by atoms with E-state index in [1.54, 1.807) is 24.0 Å². The number of pyridine rings is 1. The molecule has 0 aliphatic heterocycles. The molecule has 2 heterocycles. The Hall–Kier alpha value is -2.05. The number of halogens is 1. The number of nitrogens with zero attached hydrogens (tertiary/aromatic N) is 3. The van der Waals surface area contributed by atoms with E-state index >= 15 is 0 Å². The summed E-state index contributed by atoms with van der Waals surface area (Å²) in [5.41, 5.74) is 0.472. The van der Waals surface area contributed by atoms with Crippen molar-refractivity contribution in [3.63, 3.8) is 0 Å². The smallest absolute Gasteiger partial charge is 0.261 e. The first-order valence-corrected chi connectivity index (χ1v) is 7.43. The van der Waals surface area contributed by atoms with Crippen molar-refractivity contribution < 1.29 is 9.63 Å². The Kier molecular flexibility index (Phi) is 4.08. The van der Waals surface area contributed by atoms with Crippen LogP contribution in [0.1, 0.15) is 5.82 Å². The van der Waals surface area contributed by atoms with Gasteiger partial charge in [0, 0.05) is 16.1 Å². The topological polar surface area (TPSA) is 72.0 Å². The minimum absolute atomic E-state index is 0.0121. The van der Waals surface area contributed by atoms with Crippen molar-refractivity contribution in [2.75, 3.05) is 0 Å². The highest BCUT2D eigenvalue weighted by Gasteiger charge is 2.12. The monoisotopic (exact) mass is 319 g/mol. The summed E-state index contributed by atoms with van der Waals surface area (Å²) in [5.74, 6) is 1.41. The molecule has 3 rings (SSSR count). The highest BCUT2D eigenvalue weighted by molar-refractivity contribution is 7.98. The van der Waals surface area contributed by atoms with Crippen LogP contribution in [-0.2, 0) is 5.75 Å². The standard InChI is InChI=1S/C14H10ClN3O2S/c15-9-1-3-10(4-2-9)21-8-13-17-14(20-18-13)11-5-6-16-7-12(11)19/h1-7,19H,8H2. The number of benzene rings is 1. The molecule has 0 amide bonds. The molecule has 21 heavy (non-hydrogen) atoms. The van der Waals surface area contributed by atoms with E-state index in [2.05, 4.69) is 15.1 Å². The average molecular weight is 320 g/mol. The Balaban J connectivity index is 1.71. The van der Waals surface area contributed by atoms with Crippen molar-refractivity contribution in [3.8, 4) is 17.2 Å². The Bertz CT molecular complexity index is 746. The van der Waals surface area contributed by atoms with Crippen LogP contribution in [0, 0.1) is 0 Å². The maximum absolute atomic E-state index is 9.70. The highest BCUT2D eigenvalue weighted by atomic mass is 35.5. The second-order valence-electron chi connectivity index (χ2n) is 4.15. The summed E-state index contributed by atoms with van der Waals surface area (Å²) in [6, 6.07) is 9.16. The molecule has 0 bridgehead atoms. The van der Waals surface area contributed by atoms with E-state index in [0.29, 0.717) is 22.2 Å². The van der Waals surface area contributed by atoms with E-state index < -0.39 is 0 Å². The normalized spacial score (nSPS) is 10.7. The molecule has 1 N–H and O–H groups in total. The minimum atomic E-state index is 0.0121. The molecule has 0 spiro atoms. The first-order chi connectivity index (χ1) is 10.2. The molecule has 0 unspecified atom stereocenters. The Labute approximate surface area is 130 Å². The third kappa shape index (κ3) is 3.34. The third-order valence-electron chi connectivity index (χ3n) is 2.68. The zero-order valence-corrected chi connectivity index (χ0v) is 12.3. The summed E-state index contributed by atoms with van der Waals surface area (Å²) >= 11 is 7.41. The first-order valence-electron chi connectivity index (χ1n) is 6.06. The summed E-state index contributed by atoms with van der Waals surface area (Å²) < 4.78 is 5.16. The maximum atomic E-state index is 9.70. The van der Waals surface area contributed by atoms with Crippen molar-refractivity contribution in [2.45, 2.75) is 10.6 Å². The third-order valence-corrected chi connectivity index (χ3v) is 3.94. The van der Waals surface area contributed by atoms with E-state index in [4.69, 9.17) is 16.1 Å². The van der Waals surface area contributed by atoms with Crippen LogP contribution >= 0.6 is 23.4 Å². The van der Waals surface area contributed by atoms with E-state index in [1.165, 1.54) is 6.20 Å². The molecule has 0 saturated carbocycles. The molecule has 3 aromatic rings. The molecular formula is C14H10ClN3O2S. The van der Waals surface area contributed by atoms with Gasteiger partial charge in [-0.1, -0.05) is 16.8 Å². The van der Waals surface area contributed by atoms with Crippen LogP contribution in [0.4, 0.5) is 0 Å². The fraction of sp³-hybridized carbons (Fsp3) is 0.0714. The van der Waals surface area contributed by atoms with Gasteiger partial charge in [-0.3, -0.25) is 4.98 Å². The van der Waals surface area contributed by atoms with Crippen molar-refractivity contribution in [1.82, 2.24) is 15.1 Å². The zero-order valence-electron chi connectivity index (χ0n) is 10.7. The molecule has 5 nitrogen and oxygen atoms in total. The van der Waals surface area contributed by atoms with Crippen LogP contribution < -0.4 is 0 Å². The minimum Gasteiger partial charge on any atom is -0.505 e. The second-order valence-corrected chi connectivity index (χ2v) is 5.64. The van der Waals surface area contributed by atoms with Gasteiger partial charge in [-0.2, -0.15) is 4.98 Å². The molecule has 0 fully saturated rings. The van der Waals surface area contributed by atoms with Gasteiger partial charge in [0.1, 0.15) is 5.75 Å². The van der Waals surface area contributed by atoms with Crippen molar-refractivity contribution in [3.05, 3.63) is 53.6 Å². The lowest BCUT2D eigenvalue weighted by molar-refractivity contribution is 0.419. The molecule has 0 aliphatic carbocycles. The van der Waals surface area contributed by atoms with Crippen LogP contribution in [0.25, 0.3) is 11.5 Å². The Morgan fingerprint density at radius 1 is 1.19 bits per heavy atom. The summed E-state index contributed by atoms with van der Waals surface area (Å²) in [5, 5.41) is 14.3. The molecule has 0 atom stereocenters. The number of rotatable bonds is 4. The molecule has 106 valence electrons. The van der Waals surface area contributed by atoms with Crippen LogP contribution in [-0.4, -0.2) is 20.2 Å². The quantitative estimate of drug-likeness (QED) is 0.738. The Morgan fingerprint density at radius 3 is 2.76 bits per heavy atom. The van der Waals surface area contributed by atoms with Crippen LogP contribution in [0.3, 0.4) is 0 Å². The van der Waals surface area contributed by atoms with E-state index in [-0.39, 0.29) is 11.6 Å². The van der Waals surface area contributed by atoms with E-state index in [0.717, 1.165) is 4.90 Å². The lowest BCUT2D eigenvalue weighted by Crippen LogP contribution is -1.85. The highest BCUT2D eigenvalue weighted by Crippen LogP contribution is 2.28. The van der Waals surface area contributed by atoms with Crippen LogP contribution in [0.15, 0.2) is 52.1 Å². The van der Waals surface area contributed by atoms with Gasteiger partial charge in [0.25, 0.3) is 5.89 Å². The predicted molar refractivity (Wildman–Crippen MR) is 80.2 cm³/mol. The number of hydrogen-bond donors (Lipinski definition) is 1. The van der Waals surface area contributed by atoms with E-state index in [1.807, 2.05) is 24.3 Å². The van der Waals surface area contributed by atoms with Gasteiger partial charge in [-0.25, -0.2) is 0 Å². The van der Waals surface area contributed by atoms with Gasteiger partial charge < -0.3 is 9.63 Å². The molecule has 2 aromatic heterocycles. The van der Waals surface area contributed by atoms with Crippen molar-refractivity contribution >= 4 is 23.4 Å². The van der Waals surface area contributed by atoms with Gasteiger partial charge in [0.15, 0.2) is 5.82 Å². The lowest BCUT2D eigenvalue weighted by Gasteiger charge is -1.98. The van der Waals surface area contributed by atoms with Crippen molar-refractivity contribution in [1.29, 1.82) is 0 Å². The molecule has 1 aromatic carbocycles. The number of aromatic hydroxyl groups is 1. The molecule has 0 saturated heterocycles. The van der Waals surface area contributed by atoms with Crippen LogP contribution in [0.5, 0.6) is 5.75 Å². The Morgan fingerprint density at radius 2 is 2.00 bits per heavy atom. The SMILES string of the molecule is Oc1cnccc1-c1nc(CSc2ccc(Cl)cc2)no1. The summed E-state index contributed by atoms with van der Waals surface area (Å²) in [4.78, 5) is 9.13. The number of thioether (sulfide) groups is 1. The largest absolute Gasteiger partial charge is 0.505 e. The summed E-state index contributed by atoms with van der Waals surface area (Å²) in [6.45, 7) is 0. The maximum Gasteiger partial charge on any atom is 0.261 e.